The number of hydrogen-bond acceptors (Lipinski definition) is 3. The molecule has 0 atom stereocenters. The van der Waals surface area contributed by atoms with Crippen molar-refractivity contribution < 1.29 is 4.79 Å². The summed E-state index contributed by atoms with van der Waals surface area (Å²) in [4.78, 5) is 12.8. The lowest BCUT2D eigenvalue weighted by molar-refractivity contribution is -0.114. The van der Waals surface area contributed by atoms with Gasteiger partial charge in [-0.15, -0.1) is 0 Å². The molecule has 2 rings (SSSR count). The maximum atomic E-state index is 10.9. The molecule has 16 heavy (non-hydrogen) atoms. The molecule has 1 heterocycles. The zero-order chi connectivity index (χ0) is 11.5. The zero-order valence-electron chi connectivity index (χ0n) is 8.68. The van der Waals surface area contributed by atoms with Crippen LogP contribution in [0.3, 0.4) is 0 Å². The molecule has 0 bridgehead atoms. The Bertz CT molecular complexity index is 499. The number of benzene rings is 1. The van der Waals surface area contributed by atoms with Crippen LogP contribution in [0.2, 0.25) is 0 Å². The van der Waals surface area contributed by atoms with Crippen molar-refractivity contribution in [3.05, 3.63) is 41.6 Å². The number of rotatable bonds is 2. The van der Waals surface area contributed by atoms with E-state index in [1.807, 2.05) is 29.2 Å². The van der Waals surface area contributed by atoms with E-state index in [1.165, 1.54) is 11.8 Å². The molecule has 0 saturated heterocycles. The summed E-state index contributed by atoms with van der Waals surface area (Å²) in [5.41, 5.74) is 7.33. The molecule has 0 fully saturated rings. The second-order valence-electron chi connectivity index (χ2n) is 3.59. The van der Waals surface area contributed by atoms with Crippen LogP contribution in [0, 0.1) is 11.3 Å². The average Bonchev–Trinajstić information content (AvgIpc) is 2.69. The quantitative estimate of drug-likeness (QED) is 0.587. The Morgan fingerprint density at radius 2 is 2.25 bits per heavy atom. The Morgan fingerprint density at radius 3 is 2.94 bits per heavy atom. The lowest BCUT2D eigenvalue weighted by atomic mass is 10.2. The Kier molecular flexibility index (Phi) is 2.61. The molecule has 0 spiro atoms. The number of para-hydroxylation sites is 1. The number of nitrogens with zero attached hydrogens (tertiary/aromatic N) is 2. The van der Waals surface area contributed by atoms with Gasteiger partial charge in [0.05, 0.1) is 0 Å². The maximum Gasteiger partial charge on any atom is 0.260 e. The van der Waals surface area contributed by atoms with Gasteiger partial charge in [0, 0.05) is 18.4 Å². The standard InChI is InChI=1S/C12H11N3O/c13-7-10(12(14)16)8-15-6-5-9-3-1-2-4-11(9)15/h1-4,8H,5-6H2,(H2,14,16)/b10-8+. The van der Waals surface area contributed by atoms with Gasteiger partial charge in [0.1, 0.15) is 11.6 Å². The monoisotopic (exact) mass is 213 g/mol. The number of primary amides is 1. The molecule has 1 amide bonds. The van der Waals surface area contributed by atoms with Crippen LogP contribution in [0.4, 0.5) is 5.69 Å². The van der Waals surface area contributed by atoms with Crippen molar-refractivity contribution in [3.63, 3.8) is 0 Å². The molecule has 0 saturated carbocycles. The van der Waals surface area contributed by atoms with Crippen LogP contribution >= 0.6 is 0 Å². The highest BCUT2D eigenvalue weighted by Gasteiger charge is 2.17. The summed E-state index contributed by atoms with van der Waals surface area (Å²) >= 11 is 0. The van der Waals surface area contributed by atoms with E-state index >= 15 is 0 Å². The van der Waals surface area contributed by atoms with Gasteiger partial charge in [0.2, 0.25) is 0 Å². The summed E-state index contributed by atoms with van der Waals surface area (Å²) in [6.45, 7) is 0.776. The third-order valence-corrected chi connectivity index (χ3v) is 2.59. The molecule has 0 aromatic heterocycles. The average molecular weight is 213 g/mol. The molecule has 4 nitrogen and oxygen atoms in total. The SMILES string of the molecule is N#C/C(=C\N1CCc2ccccc21)C(N)=O. The highest BCUT2D eigenvalue weighted by molar-refractivity contribution is 5.96. The van der Waals surface area contributed by atoms with Crippen molar-refractivity contribution in [2.24, 2.45) is 5.73 Å². The fraction of sp³-hybridized carbons (Fsp3) is 0.167. The molecule has 1 aromatic carbocycles. The van der Waals surface area contributed by atoms with E-state index in [2.05, 4.69) is 0 Å². The Labute approximate surface area is 93.6 Å². The summed E-state index contributed by atoms with van der Waals surface area (Å²) in [7, 11) is 0. The molecule has 0 unspecified atom stereocenters. The Balaban J connectivity index is 2.33. The summed E-state index contributed by atoms with van der Waals surface area (Å²) < 4.78 is 0. The molecule has 1 aliphatic heterocycles. The zero-order valence-corrected chi connectivity index (χ0v) is 8.68. The number of nitrogens with two attached hydrogens (primary N) is 1. The van der Waals surface area contributed by atoms with Gasteiger partial charge in [-0.2, -0.15) is 5.26 Å². The Morgan fingerprint density at radius 1 is 1.50 bits per heavy atom. The van der Waals surface area contributed by atoms with Crippen LogP contribution in [0.5, 0.6) is 0 Å². The number of anilines is 1. The van der Waals surface area contributed by atoms with Crippen molar-refractivity contribution in [2.45, 2.75) is 6.42 Å². The minimum absolute atomic E-state index is 0.0169. The first-order chi connectivity index (χ1) is 7.72. The molecule has 80 valence electrons. The number of hydrogen-bond donors (Lipinski definition) is 1. The first-order valence-electron chi connectivity index (χ1n) is 4.98. The van der Waals surface area contributed by atoms with Crippen molar-refractivity contribution >= 4 is 11.6 Å². The maximum absolute atomic E-state index is 10.9. The molecule has 2 N–H and O–H groups in total. The van der Waals surface area contributed by atoms with E-state index in [9.17, 15) is 4.79 Å². The van der Waals surface area contributed by atoms with Gasteiger partial charge in [-0.3, -0.25) is 4.79 Å². The van der Waals surface area contributed by atoms with Crippen LogP contribution < -0.4 is 10.6 Å². The largest absolute Gasteiger partial charge is 0.365 e. The first-order valence-corrected chi connectivity index (χ1v) is 4.98. The summed E-state index contributed by atoms with van der Waals surface area (Å²) in [6, 6.07) is 9.72. The van der Waals surface area contributed by atoms with E-state index in [-0.39, 0.29) is 5.57 Å². The van der Waals surface area contributed by atoms with Gasteiger partial charge in [0.15, 0.2) is 0 Å². The molecule has 4 heteroatoms. The molecular formula is C12H11N3O. The highest BCUT2D eigenvalue weighted by Crippen LogP contribution is 2.27. The number of nitriles is 1. The molecule has 0 aliphatic carbocycles. The molecule has 0 radical (unpaired) electrons. The fourth-order valence-electron chi connectivity index (χ4n) is 1.80. The molecule has 1 aliphatic rings. The topological polar surface area (TPSA) is 70.1 Å². The highest BCUT2D eigenvalue weighted by atomic mass is 16.1. The van der Waals surface area contributed by atoms with Gasteiger partial charge < -0.3 is 10.6 Å². The second-order valence-corrected chi connectivity index (χ2v) is 3.59. The van der Waals surface area contributed by atoms with Crippen molar-refractivity contribution in [1.82, 2.24) is 0 Å². The van der Waals surface area contributed by atoms with Crippen molar-refractivity contribution in [2.75, 3.05) is 11.4 Å². The number of carbonyl (C=O) groups is 1. The Hall–Kier alpha value is -2.28. The lowest BCUT2D eigenvalue weighted by Crippen LogP contribution is -2.19. The van der Waals surface area contributed by atoms with Crippen LogP contribution in [0.15, 0.2) is 36.0 Å². The van der Waals surface area contributed by atoms with E-state index in [1.54, 1.807) is 6.07 Å². The van der Waals surface area contributed by atoms with E-state index in [0.29, 0.717) is 0 Å². The number of amides is 1. The van der Waals surface area contributed by atoms with Gasteiger partial charge in [-0.25, -0.2) is 0 Å². The van der Waals surface area contributed by atoms with Crippen molar-refractivity contribution in [3.8, 4) is 6.07 Å². The van der Waals surface area contributed by atoms with Gasteiger partial charge in [-0.05, 0) is 18.1 Å². The lowest BCUT2D eigenvalue weighted by Gasteiger charge is -2.13. The summed E-state index contributed by atoms with van der Waals surface area (Å²) in [5, 5.41) is 8.76. The van der Waals surface area contributed by atoms with Crippen LogP contribution in [-0.4, -0.2) is 12.5 Å². The van der Waals surface area contributed by atoms with Crippen molar-refractivity contribution in [1.29, 1.82) is 5.26 Å². The second kappa shape index (κ2) is 4.07. The third-order valence-electron chi connectivity index (χ3n) is 2.59. The van der Waals surface area contributed by atoms with E-state index in [4.69, 9.17) is 11.0 Å². The normalized spacial score (nSPS) is 14.4. The van der Waals surface area contributed by atoms with Crippen LogP contribution in [0.1, 0.15) is 5.56 Å². The van der Waals surface area contributed by atoms with Gasteiger partial charge in [0.25, 0.3) is 5.91 Å². The first kappa shape index (κ1) is 10.2. The fourth-order valence-corrected chi connectivity index (χ4v) is 1.80. The molecular weight excluding hydrogens is 202 g/mol. The summed E-state index contributed by atoms with van der Waals surface area (Å²) in [6.07, 6.45) is 2.44. The molecule has 1 aromatic rings. The van der Waals surface area contributed by atoms with E-state index in [0.717, 1.165) is 18.7 Å². The third kappa shape index (κ3) is 1.75. The van der Waals surface area contributed by atoms with Crippen LogP contribution in [0.25, 0.3) is 0 Å². The minimum atomic E-state index is -0.688. The summed E-state index contributed by atoms with van der Waals surface area (Å²) in [5.74, 6) is -0.688. The predicted molar refractivity (Wildman–Crippen MR) is 60.4 cm³/mol. The number of fused-ring (bicyclic) bond motifs is 1. The van der Waals surface area contributed by atoms with Crippen LogP contribution in [-0.2, 0) is 11.2 Å². The smallest absolute Gasteiger partial charge is 0.260 e. The van der Waals surface area contributed by atoms with Gasteiger partial charge in [-0.1, -0.05) is 18.2 Å². The predicted octanol–water partition coefficient (Wildman–Crippen LogP) is 0.942. The minimum Gasteiger partial charge on any atom is -0.365 e. The van der Waals surface area contributed by atoms with E-state index < -0.39 is 5.91 Å². The van der Waals surface area contributed by atoms with Gasteiger partial charge >= 0.3 is 0 Å². The number of carbonyl (C=O) groups excluding carboxylic acids is 1.